The fourth-order valence-corrected chi connectivity index (χ4v) is 1.76. The molecule has 0 radical (unpaired) electrons. The van der Waals surface area contributed by atoms with Gasteiger partial charge >= 0.3 is 0 Å². The highest BCUT2D eigenvalue weighted by molar-refractivity contribution is 5.40. The van der Waals surface area contributed by atoms with Gasteiger partial charge in [-0.15, -0.1) is 0 Å². The highest BCUT2D eigenvalue weighted by Gasteiger charge is 2.17. The van der Waals surface area contributed by atoms with Crippen LogP contribution >= 0.6 is 0 Å². The van der Waals surface area contributed by atoms with Crippen LogP contribution < -0.4 is 4.74 Å². The zero-order valence-corrected chi connectivity index (χ0v) is 9.43. The summed E-state index contributed by atoms with van der Waals surface area (Å²) in [4.78, 5) is 0. The topological polar surface area (TPSA) is 29.5 Å². The molecule has 2 rings (SSSR count). The third kappa shape index (κ3) is 2.29. The maximum atomic E-state index is 13.6. The molecule has 1 atom stereocenters. The molecule has 0 saturated heterocycles. The molecule has 0 aliphatic rings. The Balaban J connectivity index is 2.44. The molecule has 0 unspecified atom stereocenters. The van der Waals surface area contributed by atoms with Crippen LogP contribution in [0.3, 0.4) is 0 Å². The van der Waals surface area contributed by atoms with Gasteiger partial charge in [0.1, 0.15) is 17.7 Å². The maximum absolute atomic E-state index is 13.6. The molecule has 2 nitrogen and oxygen atoms in total. The van der Waals surface area contributed by atoms with Crippen molar-refractivity contribution in [1.82, 2.24) is 0 Å². The van der Waals surface area contributed by atoms with E-state index in [1.54, 1.807) is 42.5 Å². The SMILES string of the molecule is COc1ccccc1[C@@H](O)c1ccccc1F. The number of methoxy groups -OCH3 is 1. The lowest BCUT2D eigenvalue weighted by atomic mass is 10.0. The van der Waals surface area contributed by atoms with Crippen LogP contribution in [0.25, 0.3) is 0 Å². The Bertz CT molecular complexity index is 511. The molecule has 0 saturated carbocycles. The van der Waals surface area contributed by atoms with Crippen LogP contribution in [0.2, 0.25) is 0 Å². The first kappa shape index (κ1) is 11.6. The van der Waals surface area contributed by atoms with Crippen molar-refractivity contribution in [3.63, 3.8) is 0 Å². The lowest BCUT2D eigenvalue weighted by molar-refractivity contribution is 0.209. The van der Waals surface area contributed by atoms with Gasteiger partial charge in [0.25, 0.3) is 0 Å². The van der Waals surface area contributed by atoms with Crippen LogP contribution in [0.1, 0.15) is 17.2 Å². The number of rotatable bonds is 3. The van der Waals surface area contributed by atoms with Gasteiger partial charge in [0, 0.05) is 11.1 Å². The molecule has 0 aromatic heterocycles. The standard InChI is InChI=1S/C14H13FO2/c1-17-13-9-5-3-7-11(13)14(16)10-6-2-4-8-12(10)15/h2-9,14,16H,1H3/t14-/m0/s1. The molecule has 0 aliphatic carbocycles. The zero-order chi connectivity index (χ0) is 12.3. The summed E-state index contributed by atoms with van der Waals surface area (Å²) in [5.41, 5.74) is 0.803. The summed E-state index contributed by atoms with van der Waals surface area (Å²) >= 11 is 0. The molecule has 88 valence electrons. The first-order chi connectivity index (χ1) is 8.24. The number of hydrogen-bond acceptors (Lipinski definition) is 2. The van der Waals surface area contributed by atoms with Crippen molar-refractivity contribution >= 4 is 0 Å². The molecule has 3 heteroatoms. The number of benzene rings is 2. The van der Waals surface area contributed by atoms with Crippen LogP contribution in [0, 0.1) is 5.82 Å². The summed E-state index contributed by atoms with van der Waals surface area (Å²) in [7, 11) is 1.52. The third-order valence-electron chi connectivity index (χ3n) is 2.63. The van der Waals surface area contributed by atoms with Gasteiger partial charge in [-0.05, 0) is 12.1 Å². The van der Waals surface area contributed by atoms with Gasteiger partial charge in [-0.3, -0.25) is 0 Å². The maximum Gasteiger partial charge on any atom is 0.129 e. The summed E-state index contributed by atoms with van der Waals surface area (Å²) in [6.07, 6.45) is -1.02. The molecule has 0 spiro atoms. The lowest BCUT2D eigenvalue weighted by Gasteiger charge is -2.15. The van der Waals surface area contributed by atoms with Gasteiger partial charge in [0.2, 0.25) is 0 Å². The van der Waals surface area contributed by atoms with Crippen LogP contribution in [0.4, 0.5) is 4.39 Å². The number of halogens is 1. The van der Waals surface area contributed by atoms with Crippen LogP contribution in [-0.4, -0.2) is 12.2 Å². The largest absolute Gasteiger partial charge is 0.496 e. The zero-order valence-electron chi connectivity index (χ0n) is 9.43. The van der Waals surface area contributed by atoms with Crippen molar-refractivity contribution < 1.29 is 14.2 Å². The number of aliphatic hydroxyl groups is 1. The molecular formula is C14H13FO2. The molecule has 0 bridgehead atoms. The summed E-state index contributed by atoms with van der Waals surface area (Å²) < 4.78 is 18.7. The Morgan fingerprint density at radius 3 is 2.24 bits per heavy atom. The van der Waals surface area contributed by atoms with E-state index in [2.05, 4.69) is 0 Å². The van der Waals surface area contributed by atoms with E-state index in [1.807, 2.05) is 0 Å². The number of ether oxygens (including phenoxy) is 1. The Kier molecular flexibility index (Phi) is 3.40. The minimum absolute atomic E-state index is 0.247. The Morgan fingerprint density at radius 1 is 1.00 bits per heavy atom. The Hall–Kier alpha value is -1.87. The molecule has 2 aromatic carbocycles. The van der Waals surface area contributed by atoms with Gasteiger partial charge in [-0.1, -0.05) is 36.4 Å². The average Bonchev–Trinajstić information content (AvgIpc) is 2.38. The second-order valence-electron chi connectivity index (χ2n) is 3.67. The third-order valence-corrected chi connectivity index (χ3v) is 2.63. The van der Waals surface area contributed by atoms with E-state index in [-0.39, 0.29) is 5.56 Å². The first-order valence-corrected chi connectivity index (χ1v) is 5.29. The molecule has 0 aliphatic heterocycles. The Morgan fingerprint density at radius 2 is 1.59 bits per heavy atom. The minimum Gasteiger partial charge on any atom is -0.496 e. The van der Waals surface area contributed by atoms with E-state index in [9.17, 15) is 9.50 Å². The molecule has 0 amide bonds. The highest BCUT2D eigenvalue weighted by Crippen LogP contribution is 2.30. The van der Waals surface area contributed by atoms with E-state index in [4.69, 9.17) is 4.74 Å². The molecule has 17 heavy (non-hydrogen) atoms. The molecule has 2 aromatic rings. The fraction of sp³-hybridized carbons (Fsp3) is 0.143. The van der Waals surface area contributed by atoms with E-state index in [0.29, 0.717) is 11.3 Å². The Labute approximate surface area is 99.3 Å². The normalized spacial score (nSPS) is 12.2. The number of para-hydroxylation sites is 1. The predicted octanol–water partition coefficient (Wildman–Crippen LogP) is 2.92. The van der Waals surface area contributed by atoms with Crippen molar-refractivity contribution in [1.29, 1.82) is 0 Å². The van der Waals surface area contributed by atoms with Gasteiger partial charge in [-0.25, -0.2) is 4.39 Å². The summed E-state index contributed by atoms with van der Waals surface area (Å²) in [5.74, 6) is 0.120. The predicted molar refractivity (Wildman–Crippen MR) is 63.5 cm³/mol. The van der Waals surface area contributed by atoms with Crippen molar-refractivity contribution in [3.8, 4) is 5.75 Å². The van der Waals surface area contributed by atoms with Crippen molar-refractivity contribution in [2.24, 2.45) is 0 Å². The average molecular weight is 232 g/mol. The number of aliphatic hydroxyl groups excluding tert-OH is 1. The highest BCUT2D eigenvalue weighted by atomic mass is 19.1. The lowest BCUT2D eigenvalue weighted by Crippen LogP contribution is -2.04. The number of hydrogen-bond donors (Lipinski definition) is 1. The van der Waals surface area contributed by atoms with E-state index < -0.39 is 11.9 Å². The van der Waals surface area contributed by atoms with Gasteiger partial charge in [0.05, 0.1) is 7.11 Å². The van der Waals surface area contributed by atoms with Crippen LogP contribution in [0.5, 0.6) is 5.75 Å². The van der Waals surface area contributed by atoms with Crippen LogP contribution in [0.15, 0.2) is 48.5 Å². The molecular weight excluding hydrogens is 219 g/mol. The first-order valence-electron chi connectivity index (χ1n) is 5.29. The fourth-order valence-electron chi connectivity index (χ4n) is 1.76. The second-order valence-corrected chi connectivity index (χ2v) is 3.67. The summed E-state index contributed by atoms with van der Waals surface area (Å²) in [6, 6.07) is 13.2. The van der Waals surface area contributed by atoms with Gasteiger partial charge in [-0.2, -0.15) is 0 Å². The van der Waals surface area contributed by atoms with E-state index in [0.717, 1.165) is 0 Å². The van der Waals surface area contributed by atoms with Gasteiger partial charge in [0.15, 0.2) is 0 Å². The van der Waals surface area contributed by atoms with Crippen LogP contribution in [-0.2, 0) is 0 Å². The molecule has 0 heterocycles. The summed E-state index contributed by atoms with van der Waals surface area (Å²) in [6.45, 7) is 0. The monoisotopic (exact) mass is 232 g/mol. The van der Waals surface area contributed by atoms with Crippen molar-refractivity contribution in [3.05, 3.63) is 65.5 Å². The minimum atomic E-state index is -1.02. The van der Waals surface area contributed by atoms with Crippen molar-refractivity contribution in [2.45, 2.75) is 6.10 Å². The van der Waals surface area contributed by atoms with Crippen molar-refractivity contribution in [2.75, 3.05) is 7.11 Å². The van der Waals surface area contributed by atoms with Gasteiger partial charge < -0.3 is 9.84 Å². The smallest absolute Gasteiger partial charge is 0.129 e. The second kappa shape index (κ2) is 4.97. The quantitative estimate of drug-likeness (QED) is 0.881. The van der Waals surface area contributed by atoms with E-state index >= 15 is 0 Å². The molecule has 1 N–H and O–H groups in total. The van der Waals surface area contributed by atoms with E-state index in [1.165, 1.54) is 13.2 Å². The molecule has 0 fully saturated rings. The summed E-state index contributed by atoms with van der Waals surface area (Å²) in [5, 5.41) is 10.2.